The van der Waals surface area contributed by atoms with Crippen molar-refractivity contribution < 1.29 is 68.1 Å². The molecule has 3 rings (SSSR count). The third-order valence-electron chi connectivity index (χ3n) is 7.54. The number of rotatable bonds is 19. The van der Waals surface area contributed by atoms with Crippen LogP contribution in [0.3, 0.4) is 0 Å². The second-order valence-corrected chi connectivity index (χ2v) is 12.5. The number of aliphatic hydroxyl groups is 3. The van der Waals surface area contributed by atoms with Gasteiger partial charge in [0.05, 0.1) is 12.0 Å². The molecule has 5 atom stereocenters. The van der Waals surface area contributed by atoms with Crippen LogP contribution in [0.4, 0.5) is 0 Å². The van der Waals surface area contributed by atoms with Gasteiger partial charge in [0.2, 0.25) is 6.29 Å². The summed E-state index contributed by atoms with van der Waals surface area (Å²) in [6.07, 6.45) is -3.27. The van der Waals surface area contributed by atoms with Crippen LogP contribution in [-0.4, -0.2) is 112 Å². The molecule has 0 bridgehead atoms. The number of carbonyl (C=O) groups excluding carboxylic acids is 4. The highest BCUT2D eigenvalue weighted by atomic mass is 16.7. The summed E-state index contributed by atoms with van der Waals surface area (Å²) in [5.41, 5.74) is -0.453. The van der Waals surface area contributed by atoms with Gasteiger partial charge in [-0.15, -0.1) is 0 Å². The number of hydrogen-bond acceptors (Lipinski definition) is 13. The van der Waals surface area contributed by atoms with Gasteiger partial charge in [-0.05, 0) is 52.2 Å². The quantitative estimate of drug-likeness (QED) is 0.0921. The van der Waals surface area contributed by atoms with Crippen LogP contribution in [0.15, 0.2) is 30.4 Å². The monoisotopic (exact) mass is 679 g/mol. The fourth-order valence-corrected chi connectivity index (χ4v) is 4.73. The Bertz CT molecular complexity index is 1300. The molecule has 15 nitrogen and oxygen atoms in total. The third-order valence-corrected chi connectivity index (χ3v) is 7.54. The van der Waals surface area contributed by atoms with E-state index in [1.165, 1.54) is 23.1 Å². The normalized spacial score (nSPS) is 22.5. The molecule has 0 spiro atoms. The highest BCUT2D eigenvalue weighted by Crippen LogP contribution is 2.31. The Morgan fingerprint density at radius 2 is 1.56 bits per heavy atom. The number of unbranched alkanes of at least 4 members (excludes halogenated alkanes) is 2. The predicted octanol–water partition coefficient (Wildman–Crippen LogP) is 1.28. The summed E-state index contributed by atoms with van der Waals surface area (Å²) >= 11 is 0. The number of benzene rings is 1. The summed E-state index contributed by atoms with van der Waals surface area (Å²) in [6.45, 7) is 5.82. The zero-order valence-corrected chi connectivity index (χ0v) is 27.4. The Labute approximate surface area is 278 Å². The van der Waals surface area contributed by atoms with Crippen molar-refractivity contribution >= 4 is 29.5 Å². The average Bonchev–Trinajstić information content (AvgIpc) is 3.35. The van der Waals surface area contributed by atoms with Gasteiger partial charge in [-0.1, -0.05) is 6.42 Å². The van der Waals surface area contributed by atoms with Crippen LogP contribution < -0.4 is 9.47 Å². The Balaban J connectivity index is 1.44. The highest BCUT2D eigenvalue weighted by molar-refractivity contribution is 6.12. The largest absolute Gasteiger partial charge is 0.491 e. The van der Waals surface area contributed by atoms with Crippen molar-refractivity contribution in [3.8, 4) is 11.5 Å². The molecule has 0 aromatic heterocycles. The molecular weight excluding hydrogens is 634 g/mol. The van der Waals surface area contributed by atoms with Crippen LogP contribution >= 0.6 is 0 Å². The van der Waals surface area contributed by atoms with Gasteiger partial charge < -0.3 is 44.1 Å². The summed E-state index contributed by atoms with van der Waals surface area (Å²) in [4.78, 5) is 60.3. The molecule has 2 aliphatic heterocycles. The van der Waals surface area contributed by atoms with Crippen molar-refractivity contribution in [2.75, 3.05) is 26.4 Å². The van der Waals surface area contributed by atoms with Crippen LogP contribution in [-0.2, 0) is 44.8 Å². The van der Waals surface area contributed by atoms with E-state index in [2.05, 4.69) is 0 Å². The molecule has 0 saturated carbocycles. The molecule has 0 aliphatic carbocycles. The summed E-state index contributed by atoms with van der Waals surface area (Å²) in [6, 6.07) is 4.55. The molecule has 2 heterocycles. The fourth-order valence-electron chi connectivity index (χ4n) is 4.73. The maximum Gasteiger partial charge on any atom is 0.335 e. The van der Waals surface area contributed by atoms with E-state index in [1.54, 1.807) is 32.9 Å². The first kappa shape index (κ1) is 38.6. The first-order valence-corrected chi connectivity index (χ1v) is 15.8. The van der Waals surface area contributed by atoms with Gasteiger partial charge in [-0.2, -0.15) is 0 Å². The number of nitrogens with zero attached hydrogens (tertiary/aromatic N) is 1. The molecule has 1 aromatic carbocycles. The molecular formula is C33H45NO14. The number of carboxylic acid groups (broad SMARTS) is 1. The SMILES string of the molecule is CC(C)(C)C(=O)OCc1ccc(OCCOCCCC(=O)CCCCCN2C(=O)C=CC2=O)cc1O[C@@H]1O[C@H](C(=O)O)[C@@H](O)[C@H](O)[C@H]1O. The van der Waals surface area contributed by atoms with Gasteiger partial charge in [0.1, 0.15) is 48.8 Å². The van der Waals surface area contributed by atoms with Crippen molar-refractivity contribution in [2.24, 2.45) is 5.41 Å². The molecule has 266 valence electrons. The number of amides is 2. The van der Waals surface area contributed by atoms with Crippen molar-refractivity contribution in [1.82, 2.24) is 4.90 Å². The van der Waals surface area contributed by atoms with Gasteiger partial charge in [0.15, 0.2) is 6.10 Å². The molecule has 2 amide bonds. The smallest absolute Gasteiger partial charge is 0.335 e. The first-order chi connectivity index (χ1) is 22.7. The number of ether oxygens (including phenoxy) is 5. The zero-order chi connectivity index (χ0) is 35.4. The van der Waals surface area contributed by atoms with Gasteiger partial charge in [-0.3, -0.25) is 24.1 Å². The number of carboxylic acids is 1. The Hall–Kier alpha value is -3.89. The number of carbonyl (C=O) groups is 5. The first-order valence-electron chi connectivity index (χ1n) is 15.8. The number of aliphatic hydroxyl groups excluding tert-OH is 3. The summed E-state index contributed by atoms with van der Waals surface area (Å²) < 4.78 is 27.7. The molecule has 15 heteroatoms. The van der Waals surface area contributed by atoms with E-state index in [-0.39, 0.29) is 43.2 Å². The predicted molar refractivity (Wildman–Crippen MR) is 166 cm³/mol. The maximum absolute atomic E-state index is 12.3. The van der Waals surface area contributed by atoms with Crippen LogP contribution in [0.1, 0.15) is 64.9 Å². The number of ketones is 1. The fraction of sp³-hybridized carbons (Fsp3) is 0.606. The number of aliphatic carboxylic acids is 1. The number of hydrogen-bond donors (Lipinski definition) is 4. The number of esters is 1. The van der Waals surface area contributed by atoms with Gasteiger partial charge in [0, 0.05) is 49.8 Å². The zero-order valence-electron chi connectivity index (χ0n) is 27.4. The molecule has 1 fully saturated rings. The number of Topliss-reactive ketones (excluding diaryl/α,β-unsaturated/α-hetero) is 1. The molecule has 1 saturated heterocycles. The summed E-state index contributed by atoms with van der Waals surface area (Å²) in [5, 5.41) is 39.9. The Kier molecular flexibility index (Phi) is 14.5. The number of imide groups is 1. The minimum atomic E-state index is -1.90. The molecule has 48 heavy (non-hydrogen) atoms. The van der Waals surface area contributed by atoms with Crippen LogP contribution in [0, 0.1) is 5.41 Å². The van der Waals surface area contributed by atoms with E-state index in [9.17, 15) is 44.4 Å². The van der Waals surface area contributed by atoms with Crippen molar-refractivity contribution in [2.45, 2.75) is 96.6 Å². The van der Waals surface area contributed by atoms with E-state index in [0.717, 1.165) is 6.42 Å². The third kappa shape index (κ3) is 11.4. The van der Waals surface area contributed by atoms with Crippen molar-refractivity contribution in [3.63, 3.8) is 0 Å². The standard InChI is InChI=1S/C33H45NO14/c1-33(2,3)32(43)46-19-20-10-11-22(18-23(20)47-31-28(40)26(38)27(39)29(48-31)30(41)42)45-17-16-44-15-7-9-21(35)8-5-4-6-14-34-24(36)12-13-25(34)37/h10-13,18,26-29,31,38-40H,4-9,14-17,19H2,1-3H3,(H,41,42)/t26-,27-,28+,29-,31+/m0/s1. The lowest BCUT2D eigenvalue weighted by Crippen LogP contribution is -2.61. The minimum Gasteiger partial charge on any atom is -0.491 e. The maximum atomic E-state index is 12.3. The van der Waals surface area contributed by atoms with E-state index < -0.39 is 48.1 Å². The average molecular weight is 680 g/mol. The lowest BCUT2D eigenvalue weighted by molar-refractivity contribution is -0.271. The Morgan fingerprint density at radius 3 is 2.23 bits per heavy atom. The van der Waals surface area contributed by atoms with Gasteiger partial charge in [-0.25, -0.2) is 4.79 Å². The van der Waals surface area contributed by atoms with Gasteiger partial charge >= 0.3 is 11.9 Å². The minimum absolute atomic E-state index is 0.0143. The second-order valence-electron chi connectivity index (χ2n) is 12.5. The van der Waals surface area contributed by atoms with E-state index >= 15 is 0 Å². The second kappa shape index (κ2) is 18.0. The van der Waals surface area contributed by atoms with E-state index in [4.69, 9.17) is 23.7 Å². The molecule has 4 N–H and O–H groups in total. The summed E-state index contributed by atoms with van der Waals surface area (Å²) in [5.74, 6) is -2.25. The van der Waals surface area contributed by atoms with Crippen molar-refractivity contribution in [1.29, 1.82) is 0 Å². The molecule has 1 aromatic rings. The molecule has 0 unspecified atom stereocenters. The van der Waals surface area contributed by atoms with Crippen LogP contribution in [0.25, 0.3) is 0 Å². The van der Waals surface area contributed by atoms with Crippen molar-refractivity contribution in [3.05, 3.63) is 35.9 Å². The van der Waals surface area contributed by atoms with E-state index in [1.807, 2.05) is 0 Å². The highest BCUT2D eigenvalue weighted by Gasteiger charge is 2.48. The van der Waals surface area contributed by atoms with Crippen LogP contribution in [0.2, 0.25) is 0 Å². The summed E-state index contributed by atoms with van der Waals surface area (Å²) in [7, 11) is 0. The Morgan fingerprint density at radius 1 is 0.875 bits per heavy atom. The molecule has 2 aliphatic rings. The van der Waals surface area contributed by atoms with E-state index in [0.29, 0.717) is 56.6 Å². The topological polar surface area (TPSA) is 216 Å². The lowest BCUT2D eigenvalue weighted by Gasteiger charge is -2.38. The van der Waals surface area contributed by atoms with Gasteiger partial charge in [0.25, 0.3) is 11.8 Å². The molecule has 0 radical (unpaired) electrons. The van der Waals surface area contributed by atoms with Crippen LogP contribution in [0.5, 0.6) is 11.5 Å². The lowest BCUT2D eigenvalue weighted by atomic mass is 9.97.